The third-order valence-corrected chi connectivity index (χ3v) is 5.66. The van der Waals surface area contributed by atoms with E-state index in [0.717, 1.165) is 13.0 Å². The van der Waals surface area contributed by atoms with E-state index in [2.05, 4.69) is 5.32 Å². The maximum Gasteiger partial charge on any atom is 0.435 e. The van der Waals surface area contributed by atoms with Gasteiger partial charge in [0.25, 0.3) is 5.91 Å². The van der Waals surface area contributed by atoms with Crippen molar-refractivity contribution in [2.24, 2.45) is 0 Å². The molecule has 1 amide bonds. The zero-order chi connectivity index (χ0) is 23.9. The van der Waals surface area contributed by atoms with Crippen molar-refractivity contribution < 1.29 is 35.5 Å². The molecule has 1 N–H and O–H groups in total. The lowest BCUT2D eigenvalue weighted by atomic mass is 9.87. The molecule has 1 heterocycles. The molecule has 0 atom stereocenters. The minimum atomic E-state index is -6.21. The highest BCUT2D eigenvalue weighted by Crippen LogP contribution is 2.54. The van der Waals surface area contributed by atoms with E-state index in [1.807, 2.05) is 11.0 Å². The van der Waals surface area contributed by atoms with E-state index >= 15 is 0 Å². The Hall–Kier alpha value is -2.52. The maximum atomic E-state index is 14.5. The number of hydrogen-bond donors (Lipinski definition) is 1. The highest BCUT2D eigenvalue weighted by Gasteiger charge is 2.73. The Labute approximate surface area is 175 Å². The van der Waals surface area contributed by atoms with Crippen molar-refractivity contribution >= 4 is 11.6 Å². The predicted octanol–water partition coefficient (Wildman–Crippen LogP) is 6.09. The van der Waals surface area contributed by atoms with Crippen molar-refractivity contribution in [1.82, 2.24) is 4.90 Å². The summed E-state index contributed by atoms with van der Waals surface area (Å²) in [5.74, 6) is -0.562. The number of nitrogens with one attached hydrogen (secondary N) is 1. The number of carbonyl (C=O) groups excluding carboxylic acids is 1. The Morgan fingerprint density at radius 3 is 2.00 bits per heavy atom. The van der Waals surface area contributed by atoms with Gasteiger partial charge in [0, 0.05) is 30.5 Å². The van der Waals surface area contributed by atoms with Crippen LogP contribution in [-0.2, 0) is 10.5 Å². The van der Waals surface area contributed by atoms with Crippen molar-refractivity contribution in [1.29, 1.82) is 0 Å². The predicted molar refractivity (Wildman–Crippen MR) is 103 cm³/mol. The van der Waals surface area contributed by atoms with E-state index in [0.29, 0.717) is 35.9 Å². The van der Waals surface area contributed by atoms with Gasteiger partial charge in [0.05, 0.1) is 5.57 Å². The van der Waals surface area contributed by atoms with E-state index in [1.165, 1.54) is 6.92 Å². The van der Waals surface area contributed by atoms with Gasteiger partial charge in [-0.2, -0.15) is 26.3 Å². The second-order valence-electron chi connectivity index (χ2n) is 7.58. The Bertz CT molecular complexity index is 928. The summed E-state index contributed by atoms with van der Waals surface area (Å²) in [6, 6.07) is 1.28. The summed E-state index contributed by atoms with van der Waals surface area (Å²) < 4.78 is 93.3. The first kappa shape index (κ1) is 24.7. The maximum absolute atomic E-state index is 14.5. The number of benzene rings is 1. The summed E-state index contributed by atoms with van der Waals surface area (Å²) in [7, 11) is 1.80. The first-order valence-corrected chi connectivity index (χ1v) is 9.37. The number of allylic oxidation sites excluding steroid dienone is 1. The molecule has 1 aromatic carbocycles. The van der Waals surface area contributed by atoms with Crippen LogP contribution in [0.5, 0.6) is 0 Å². The van der Waals surface area contributed by atoms with E-state index in [1.54, 1.807) is 20.9 Å². The second-order valence-corrected chi connectivity index (χ2v) is 7.58. The second kappa shape index (κ2) is 8.20. The molecule has 3 nitrogen and oxygen atoms in total. The van der Waals surface area contributed by atoms with E-state index in [9.17, 15) is 35.5 Å². The fraction of sp³-hybridized carbons (Fsp3) is 0.476. The van der Waals surface area contributed by atoms with Crippen molar-refractivity contribution in [2.45, 2.75) is 52.1 Å². The fourth-order valence-corrected chi connectivity index (χ4v) is 3.54. The van der Waals surface area contributed by atoms with Gasteiger partial charge in [0.15, 0.2) is 0 Å². The molecule has 1 aliphatic heterocycles. The molecule has 1 aliphatic rings. The fourth-order valence-electron chi connectivity index (χ4n) is 3.54. The molecule has 31 heavy (non-hydrogen) atoms. The Balaban J connectivity index is 2.52. The zero-order valence-electron chi connectivity index (χ0n) is 17.6. The summed E-state index contributed by atoms with van der Waals surface area (Å²) in [5.41, 5.74) is -6.00. The lowest BCUT2D eigenvalue weighted by Crippen LogP contribution is -2.50. The number of alkyl halides is 7. The average molecular weight is 452 g/mol. The molecule has 0 saturated heterocycles. The van der Waals surface area contributed by atoms with Gasteiger partial charge in [-0.05, 0) is 56.9 Å². The third kappa shape index (κ3) is 4.29. The van der Waals surface area contributed by atoms with Gasteiger partial charge in [0.1, 0.15) is 0 Å². The summed E-state index contributed by atoms with van der Waals surface area (Å²) in [5, 5.41) is 2.54. The summed E-state index contributed by atoms with van der Waals surface area (Å²) in [6.45, 7) is 6.35. The Morgan fingerprint density at radius 2 is 1.48 bits per heavy atom. The standard InChI is InChI=1S/C21H23F7N2O/c1-11-7-6-10-30(5)14(4)17(11)18(31)29-16-9-8-15(12(2)13(16)3)19(22,20(23,24)25)21(26,27)28/h7-9H,6,10H2,1-5H3,(H,29,31). The molecule has 0 aliphatic carbocycles. The molecule has 172 valence electrons. The normalized spacial score (nSPS) is 16.3. The molecule has 2 rings (SSSR count). The first-order chi connectivity index (χ1) is 14.0. The van der Waals surface area contributed by atoms with E-state index in [4.69, 9.17) is 0 Å². The summed E-state index contributed by atoms with van der Waals surface area (Å²) >= 11 is 0. The minimum Gasteiger partial charge on any atom is -0.377 e. The number of anilines is 1. The van der Waals surface area contributed by atoms with Crippen LogP contribution in [0.2, 0.25) is 0 Å². The van der Waals surface area contributed by atoms with Crippen LogP contribution in [0.25, 0.3) is 0 Å². The Morgan fingerprint density at radius 1 is 0.935 bits per heavy atom. The minimum absolute atomic E-state index is 0.00190. The summed E-state index contributed by atoms with van der Waals surface area (Å²) in [6.07, 6.45) is -9.84. The smallest absolute Gasteiger partial charge is 0.377 e. The van der Waals surface area contributed by atoms with Gasteiger partial charge in [-0.3, -0.25) is 4.79 Å². The molecule has 0 radical (unpaired) electrons. The van der Waals surface area contributed by atoms with Gasteiger partial charge in [-0.25, -0.2) is 4.39 Å². The molecule has 0 unspecified atom stereocenters. The molecular formula is C21H23F7N2O. The number of nitrogens with zero attached hydrogens (tertiary/aromatic N) is 1. The number of carbonyl (C=O) groups is 1. The zero-order valence-corrected chi connectivity index (χ0v) is 17.6. The average Bonchev–Trinajstić information content (AvgIpc) is 2.75. The molecule has 0 fully saturated rings. The molecule has 10 heteroatoms. The number of amides is 1. The highest BCUT2D eigenvalue weighted by atomic mass is 19.4. The van der Waals surface area contributed by atoms with E-state index < -0.39 is 35.1 Å². The van der Waals surface area contributed by atoms with Gasteiger partial charge >= 0.3 is 18.0 Å². The van der Waals surface area contributed by atoms with Crippen LogP contribution in [0.1, 0.15) is 37.0 Å². The van der Waals surface area contributed by atoms with Crippen LogP contribution in [0.4, 0.5) is 36.4 Å². The lowest BCUT2D eigenvalue weighted by molar-refractivity contribution is -0.348. The SMILES string of the molecule is CC1=CCCN(C)C(C)=C1C(=O)Nc1ccc(C(F)(C(F)(F)F)C(F)(F)F)c(C)c1C. The van der Waals surface area contributed by atoms with Crippen LogP contribution in [0.3, 0.4) is 0 Å². The molecule has 0 saturated carbocycles. The monoisotopic (exact) mass is 452 g/mol. The van der Waals surface area contributed by atoms with Crippen LogP contribution >= 0.6 is 0 Å². The number of hydrogen-bond acceptors (Lipinski definition) is 2. The van der Waals surface area contributed by atoms with Gasteiger partial charge < -0.3 is 10.2 Å². The molecule has 0 aromatic heterocycles. The van der Waals surface area contributed by atoms with Crippen LogP contribution in [0.15, 0.2) is 35.1 Å². The highest BCUT2D eigenvalue weighted by molar-refractivity contribution is 6.07. The van der Waals surface area contributed by atoms with Crippen molar-refractivity contribution in [3.8, 4) is 0 Å². The van der Waals surface area contributed by atoms with Crippen LogP contribution in [-0.4, -0.2) is 36.8 Å². The molecule has 1 aromatic rings. The van der Waals surface area contributed by atoms with Gasteiger partial charge in [-0.15, -0.1) is 0 Å². The Kier molecular flexibility index (Phi) is 6.54. The van der Waals surface area contributed by atoms with Crippen LogP contribution in [0, 0.1) is 13.8 Å². The lowest BCUT2D eigenvalue weighted by Gasteiger charge is -2.32. The van der Waals surface area contributed by atoms with E-state index in [-0.39, 0.29) is 11.3 Å². The number of rotatable bonds is 3. The quantitative estimate of drug-likeness (QED) is 0.563. The van der Waals surface area contributed by atoms with Crippen LogP contribution < -0.4 is 5.32 Å². The third-order valence-electron chi connectivity index (χ3n) is 5.66. The summed E-state index contributed by atoms with van der Waals surface area (Å²) in [4.78, 5) is 14.7. The van der Waals surface area contributed by atoms with Gasteiger partial charge in [0.2, 0.25) is 0 Å². The van der Waals surface area contributed by atoms with Gasteiger partial charge in [-0.1, -0.05) is 12.1 Å². The topological polar surface area (TPSA) is 32.3 Å². The first-order valence-electron chi connectivity index (χ1n) is 9.37. The van der Waals surface area contributed by atoms with Crippen molar-refractivity contribution in [3.05, 3.63) is 51.7 Å². The van der Waals surface area contributed by atoms with Crippen molar-refractivity contribution in [2.75, 3.05) is 18.9 Å². The molecule has 0 bridgehead atoms. The largest absolute Gasteiger partial charge is 0.435 e. The molecule has 0 spiro atoms. The van der Waals surface area contributed by atoms with Crippen molar-refractivity contribution in [3.63, 3.8) is 0 Å². The molecular weight excluding hydrogens is 429 g/mol. The number of halogens is 7.